The Hall–Kier alpha value is -1.39. The van der Waals surface area contributed by atoms with E-state index in [-0.39, 0.29) is 12.5 Å². The van der Waals surface area contributed by atoms with Crippen LogP contribution in [0.3, 0.4) is 0 Å². The summed E-state index contributed by atoms with van der Waals surface area (Å²) in [7, 11) is 0. The topological polar surface area (TPSA) is 69.6 Å². The molecule has 1 aromatic rings. The average Bonchev–Trinajstić information content (AvgIpc) is 2.34. The van der Waals surface area contributed by atoms with E-state index in [1.807, 2.05) is 24.3 Å². The number of carbonyl (C=O) groups excluding carboxylic acids is 1. The zero-order valence-corrected chi connectivity index (χ0v) is 10.0. The van der Waals surface area contributed by atoms with Crippen LogP contribution in [0.2, 0.25) is 0 Å². The minimum atomic E-state index is -0.446. The van der Waals surface area contributed by atoms with Gasteiger partial charge in [0.1, 0.15) is 0 Å². The van der Waals surface area contributed by atoms with E-state index in [0.717, 1.165) is 11.1 Å². The number of aliphatic hydroxyl groups excluding tert-OH is 2. The van der Waals surface area contributed by atoms with Gasteiger partial charge >= 0.3 is 0 Å². The molecule has 0 bridgehead atoms. The van der Waals surface area contributed by atoms with Crippen LogP contribution in [-0.2, 0) is 17.9 Å². The Balaban J connectivity index is 2.36. The maximum Gasteiger partial charge on any atom is 0.220 e. The van der Waals surface area contributed by atoms with E-state index in [9.17, 15) is 4.79 Å². The minimum Gasteiger partial charge on any atom is -0.393 e. The minimum absolute atomic E-state index is 0.00378. The highest BCUT2D eigenvalue weighted by Gasteiger charge is 2.04. The van der Waals surface area contributed by atoms with Crippen molar-refractivity contribution in [2.24, 2.45) is 0 Å². The van der Waals surface area contributed by atoms with Crippen LogP contribution < -0.4 is 5.32 Å². The van der Waals surface area contributed by atoms with Crippen LogP contribution >= 0.6 is 0 Å². The second-order valence-electron chi connectivity index (χ2n) is 4.14. The first-order valence-electron chi connectivity index (χ1n) is 5.75. The van der Waals surface area contributed by atoms with Crippen molar-refractivity contribution in [1.82, 2.24) is 5.32 Å². The summed E-state index contributed by atoms with van der Waals surface area (Å²) < 4.78 is 0. The number of hydrogen-bond donors (Lipinski definition) is 3. The van der Waals surface area contributed by atoms with Crippen LogP contribution in [0, 0.1) is 0 Å². The van der Waals surface area contributed by atoms with Gasteiger partial charge in [-0.3, -0.25) is 4.79 Å². The summed E-state index contributed by atoms with van der Waals surface area (Å²) in [4.78, 5) is 11.4. The molecule has 0 aliphatic heterocycles. The third-order valence-corrected chi connectivity index (χ3v) is 2.45. The van der Waals surface area contributed by atoms with Gasteiger partial charge in [0.05, 0.1) is 12.7 Å². The fourth-order valence-corrected chi connectivity index (χ4v) is 1.47. The lowest BCUT2D eigenvalue weighted by Crippen LogP contribution is -2.23. The zero-order valence-electron chi connectivity index (χ0n) is 10.0. The molecule has 17 heavy (non-hydrogen) atoms. The van der Waals surface area contributed by atoms with Crippen LogP contribution in [0.15, 0.2) is 24.3 Å². The number of hydrogen-bond acceptors (Lipinski definition) is 3. The predicted molar refractivity (Wildman–Crippen MR) is 65.1 cm³/mol. The molecule has 1 aromatic carbocycles. The standard InChI is InChI=1S/C13H19NO3/c1-10(16)5-6-13(17)14-8-11-3-2-4-12(7-11)9-15/h2-4,7,10,15-16H,5-6,8-9H2,1H3,(H,14,17). The van der Waals surface area contributed by atoms with Crippen LogP contribution in [0.5, 0.6) is 0 Å². The summed E-state index contributed by atoms with van der Waals surface area (Å²) in [5.74, 6) is -0.0692. The van der Waals surface area contributed by atoms with E-state index in [2.05, 4.69) is 5.32 Å². The van der Waals surface area contributed by atoms with E-state index in [1.165, 1.54) is 0 Å². The Labute approximate surface area is 101 Å². The van der Waals surface area contributed by atoms with Crippen molar-refractivity contribution < 1.29 is 15.0 Å². The molecule has 0 heterocycles. The van der Waals surface area contributed by atoms with Crippen molar-refractivity contribution in [3.8, 4) is 0 Å². The van der Waals surface area contributed by atoms with Gasteiger partial charge in [-0.15, -0.1) is 0 Å². The highest BCUT2D eigenvalue weighted by molar-refractivity contribution is 5.75. The summed E-state index contributed by atoms with van der Waals surface area (Å²) in [5.41, 5.74) is 1.79. The molecular weight excluding hydrogens is 218 g/mol. The number of benzene rings is 1. The Morgan fingerprint density at radius 3 is 2.76 bits per heavy atom. The fourth-order valence-electron chi connectivity index (χ4n) is 1.47. The molecule has 0 aromatic heterocycles. The van der Waals surface area contributed by atoms with Crippen molar-refractivity contribution in [2.45, 2.75) is 39.0 Å². The lowest BCUT2D eigenvalue weighted by atomic mass is 10.1. The Morgan fingerprint density at radius 2 is 2.12 bits per heavy atom. The van der Waals surface area contributed by atoms with E-state index >= 15 is 0 Å². The van der Waals surface area contributed by atoms with Gasteiger partial charge in [0, 0.05) is 13.0 Å². The van der Waals surface area contributed by atoms with Crippen molar-refractivity contribution in [3.05, 3.63) is 35.4 Å². The summed E-state index contributed by atoms with van der Waals surface area (Å²) in [6, 6.07) is 7.44. The second kappa shape index (κ2) is 7.04. The van der Waals surface area contributed by atoms with Crippen molar-refractivity contribution in [3.63, 3.8) is 0 Å². The van der Waals surface area contributed by atoms with Gasteiger partial charge in [0.25, 0.3) is 0 Å². The molecule has 4 heteroatoms. The number of carbonyl (C=O) groups is 1. The molecule has 1 unspecified atom stereocenters. The maximum absolute atomic E-state index is 11.4. The number of amides is 1. The molecule has 0 aliphatic carbocycles. The summed E-state index contributed by atoms with van der Waals surface area (Å²) in [5, 5.41) is 20.8. The molecule has 0 saturated carbocycles. The van der Waals surface area contributed by atoms with Crippen LogP contribution in [0.1, 0.15) is 30.9 Å². The number of rotatable bonds is 6. The van der Waals surface area contributed by atoms with Gasteiger partial charge in [0.15, 0.2) is 0 Å². The quantitative estimate of drug-likeness (QED) is 0.690. The van der Waals surface area contributed by atoms with Gasteiger partial charge < -0.3 is 15.5 Å². The monoisotopic (exact) mass is 237 g/mol. The molecule has 0 fully saturated rings. The normalized spacial score (nSPS) is 12.2. The van der Waals surface area contributed by atoms with E-state index in [1.54, 1.807) is 6.92 Å². The fraction of sp³-hybridized carbons (Fsp3) is 0.462. The smallest absolute Gasteiger partial charge is 0.220 e. The molecule has 0 aliphatic rings. The summed E-state index contributed by atoms with van der Waals surface area (Å²) in [6.07, 6.45) is 0.360. The van der Waals surface area contributed by atoms with Crippen molar-refractivity contribution in [2.75, 3.05) is 0 Å². The molecule has 0 spiro atoms. The average molecular weight is 237 g/mol. The Kier molecular flexibility index (Phi) is 5.66. The lowest BCUT2D eigenvalue weighted by Gasteiger charge is -2.07. The molecule has 0 saturated heterocycles. The first-order chi connectivity index (χ1) is 8.11. The van der Waals surface area contributed by atoms with Crippen LogP contribution in [0.25, 0.3) is 0 Å². The molecule has 94 valence electrons. The number of aliphatic hydroxyl groups is 2. The first-order valence-corrected chi connectivity index (χ1v) is 5.75. The van der Waals surface area contributed by atoms with Gasteiger partial charge in [-0.05, 0) is 24.5 Å². The number of nitrogens with one attached hydrogen (secondary N) is 1. The third kappa shape index (κ3) is 5.47. The van der Waals surface area contributed by atoms with Crippen molar-refractivity contribution in [1.29, 1.82) is 0 Å². The third-order valence-electron chi connectivity index (χ3n) is 2.45. The Bertz CT molecular complexity index is 363. The molecule has 1 rings (SSSR count). The van der Waals surface area contributed by atoms with E-state index in [4.69, 9.17) is 10.2 Å². The van der Waals surface area contributed by atoms with Crippen molar-refractivity contribution >= 4 is 5.91 Å². The molecule has 1 amide bonds. The molecule has 3 N–H and O–H groups in total. The molecular formula is C13H19NO3. The zero-order chi connectivity index (χ0) is 12.7. The lowest BCUT2D eigenvalue weighted by molar-refractivity contribution is -0.121. The summed E-state index contributed by atoms with van der Waals surface area (Å²) >= 11 is 0. The van der Waals surface area contributed by atoms with Crippen LogP contribution in [-0.4, -0.2) is 22.2 Å². The molecule has 0 radical (unpaired) electrons. The maximum atomic E-state index is 11.4. The highest BCUT2D eigenvalue weighted by Crippen LogP contribution is 2.05. The predicted octanol–water partition coefficient (Wildman–Crippen LogP) is 0.956. The van der Waals surface area contributed by atoms with E-state index < -0.39 is 6.10 Å². The highest BCUT2D eigenvalue weighted by atomic mass is 16.3. The van der Waals surface area contributed by atoms with Crippen LogP contribution in [0.4, 0.5) is 0 Å². The second-order valence-corrected chi connectivity index (χ2v) is 4.14. The van der Waals surface area contributed by atoms with Gasteiger partial charge in [-0.2, -0.15) is 0 Å². The summed E-state index contributed by atoms with van der Waals surface area (Å²) in [6.45, 7) is 2.12. The Morgan fingerprint density at radius 1 is 1.41 bits per heavy atom. The molecule has 1 atom stereocenters. The largest absolute Gasteiger partial charge is 0.393 e. The molecule has 4 nitrogen and oxygen atoms in total. The van der Waals surface area contributed by atoms with Gasteiger partial charge in [-0.1, -0.05) is 24.3 Å². The van der Waals surface area contributed by atoms with Gasteiger partial charge in [0.2, 0.25) is 5.91 Å². The van der Waals surface area contributed by atoms with E-state index in [0.29, 0.717) is 19.4 Å². The first kappa shape index (κ1) is 13.7. The van der Waals surface area contributed by atoms with Gasteiger partial charge in [-0.25, -0.2) is 0 Å². The SMILES string of the molecule is CC(O)CCC(=O)NCc1cccc(CO)c1.